The number of anilines is 1. The van der Waals surface area contributed by atoms with E-state index in [-0.39, 0.29) is 41.8 Å². The van der Waals surface area contributed by atoms with E-state index in [0.717, 1.165) is 23.5 Å². The molecule has 0 saturated carbocycles. The van der Waals surface area contributed by atoms with Gasteiger partial charge in [-0.3, -0.25) is 4.90 Å². The average molecular weight is 638 g/mol. The van der Waals surface area contributed by atoms with Crippen LogP contribution >= 0.6 is 0 Å². The molecule has 3 aromatic rings. The van der Waals surface area contributed by atoms with E-state index in [1.165, 1.54) is 18.0 Å². The molecule has 0 spiro atoms. The van der Waals surface area contributed by atoms with Crippen LogP contribution < -0.4 is 4.90 Å². The molecule has 4 rings (SSSR count). The van der Waals surface area contributed by atoms with Crippen molar-refractivity contribution in [3.8, 4) is 0 Å². The fourth-order valence-electron chi connectivity index (χ4n) is 5.41. The standard InChI is InChI=1S/C28H32F9N7/c1-5-24(43-9-8-41(3)17(2)14-43)23-7-6-20(26(29,30)31)12-19(23)16-44(25-38-40-42(4)39-25)15-18-10-21(27(32,33)34)13-22(11-18)28(35,36)37/h6-7,10-13,17,24H,5,8-9,14-16H2,1-4H3. The third-order valence-electron chi connectivity index (χ3n) is 7.81. The molecule has 0 radical (unpaired) electrons. The number of benzene rings is 2. The van der Waals surface area contributed by atoms with Crippen LogP contribution in [0.3, 0.4) is 0 Å². The van der Waals surface area contributed by atoms with Crippen molar-refractivity contribution in [3.63, 3.8) is 0 Å². The highest BCUT2D eigenvalue weighted by Gasteiger charge is 2.38. The lowest BCUT2D eigenvalue weighted by atomic mass is 9.93. The van der Waals surface area contributed by atoms with Gasteiger partial charge in [0.2, 0.25) is 0 Å². The fraction of sp³-hybridized carbons (Fsp3) is 0.536. The summed E-state index contributed by atoms with van der Waals surface area (Å²) in [5, 5.41) is 11.6. The number of halogens is 9. The van der Waals surface area contributed by atoms with E-state index >= 15 is 0 Å². The number of likely N-dealkylation sites (N-methyl/N-ethyl adjacent to an activating group) is 1. The molecule has 7 nitrogen and oxygen atoms in total. The van der Waals surface area contributed by atoms with Crippen LogP contribution in [0.4, 0.5) is 45.5 Å². The van der Waals surface area contributed by atoms with E-state index in [1.54, 1.807) is 0 Å². The largest absolute Gasteiger partial charge is 0.416 e. The molecule has 2 atom stereocenters. The first kappa shape index (κ1) is 33.5. The molecule has 1 aromatic heterocycles. The summed E-state index contributed by atoms with van der Waals surface area (Å²) in [5.41, 5.74) is -3.59. The van der Waals surface area contributed by atoms with Gasteiger partial charge in [0.15, 0.2) is 0 Å². The number of aromatic nitrogens is 4. The maximum atomic E-state index is 13.9. The Morgan fingerprint density at radius 1 is 0.841 bits per heavy atom. The highest BCUT2D eigenvalue weighted by atomic mass is 19.4. The van der Waals surface area contributed by atoms with Crippen LogP contribution in [0, 0.1) is 0 Å². The Morgan fingerprint density at radius 2 is 1.45 bits per heavy atom. The number of piperazine rings is 1. The lowest BCUT2D eigenvalue weighted by Gasteiger charge is -2.42. The monoisotopic (exact) mass is 637 g/mol. The Hall–Kier alpha value is -3.40. The van der Waals surface area contributed by atoms with Crippen LogP contribution in [0.2, 0.25) is 0 Å². The van der Waals surface area contributed by atoms with E-state index in [2.05, 4.69) is 25.2 Å². The average Bonchev–Trinajstić information content (AvgIpc) is 3.36. The molecule has 0 bridgehead atoms. The second-order valence-corrected chi connectivity index (χ2v) is 11.0. The van der Waals surface area contributed by atoms with Gasteiger partial charge in [-0.1, -0.05) is 18.1 Å². The van der Waals surface area contributed by atoms with Crippen LogP contribution in [-0.4, -0.2) is 62.7 Å². The van der Waals surface area contributed by atoms with Crippen LogP contribution in [0.25, 0.3) is 0 Å². The van der Waals surface area contributed by atoms with Crippen molar-refractivity contribution >= 4 is 5.95 Å². The van der Waals surface area contributed by atoms with Crippen molar-refractivity contribution in [2.75, 3.05) is 31.6 Å². The summed E-state index contributed by atoms with van der Waals surface area (Å²) in [5.74, 6) is -0.178. The van der Waals surface area contributed by atoms with Gasteiger partial charge in [-0.2, -0.15) is 44.3 Å². The molecule has 2 aromatic carbocycles. The van der Waals surface area contributed by atoms with E-state index < -0.39 is 41.8 Å². The summed E-state index contributed by atoms with van der Waals surface area (Å²) < 4.78 is 123. The number of tetrazole rings is 1. The first-order valence-electron chi connectivity index (χ1n) is 13.8. The number of rotatable bonds is 8. The van der Waals surface area contributed by atoms with Crippen molar-refractivity contribution in [2.24, 2.45) is 7.05 Å². The van der Waals surface area contributed by atoms with Crippen LogP contribution in [-0.2, 0) is 38.7 Å². The molecule has 1 fully saturated rings. The van der Waals surface area contributed by atoms with Gasteiger partial charge >= 0.3 is 18.5 Å². The predicted molar refractivity (Wildman–Crippen MR) is 143 cm³/mol. The Bertz CT molecular complexity index is 1400. The van der Waals surface area contributed by atoms with Gasteiger partial charge in [0, 0.05) is 44.8 Å². The predicted octanol–water partition coefficient (Wildman–Crippen LogP) is 6.56. The number of hydrogen-bond acceptors (Lipinski definition) is 6. The third-order valence-corrected chi connectivity index (χ3v) is 7.81. The van der Waals surface area contributed by atoms with E-state index in [4.69, 9.17) is 0 Å². The lowest BCUT2D eigenvalue weighted by Crippen LogP contribution is -2.51. The Morgan fingerprint density at radius 3 is 1.95 bits per heavy atom. The number of alkyl halides is 9. The summed E-state index contributed by atoms with van der Waals surface area (Å²) in [7, 11) is 3.38. The number of aryl methyl sites for hydroxylation is 1. The molecular formula is C28H32F9N7. The van der Waals surface area contributed by atoms with Gasteiger partial charge in [0.1, 0.15) is 0 Å². The molecule has 16 heteroatoms. The van der Waals surface area contributed by atoms with Gasteiger partial charge in [0.25, 0.3) is 5.95 Å². The maximum absolute atomic E-state index is 13.9. The topological polar surface area (TPSA) is 53.3 Å². The summed E-state index contributed by atoms with van der Waals surface area (Å²) >= 11 is 0. The molecular weight excluding hydrogens is 605 g/mol. The zero-order valence-corrected chi connectivity index (χ0v) is 24.4. The van der Waals surface area contributed by atoms with Gasteiger partial charge in [0.05, 0.1) is 23.7 Å². The molecule has 1 aliphatic heterocycles. The number of hydrogen-bond donors (Lipinski definition) is 0. The molecule has 0 N–H and O–H groups in total. The zero-order valence-electron chi connectivity index (χ0n) is 24.4. The summed E-state index contributed by atoms with van der Waals surface area (Å²) in [4.78, 5) is 6.59. The Kier molecular flexibility index (Phi) is 9.54. The van der Waals surface area contributed by atoms with Gasteiger partial charge < -0.3 is 9.80 Å². The van der Waals surface area contributed by atoms with Crippen molar-refractivity contribution in [1.82, 2.24) is 30.0 Å². The SMILES string of the molecule is CCC(c1ccc(C(F)(F)F)cc1CN(Cc1cc(C(F)(F)F)cc(C(F)(F)F)c1)c1nnn(C)n1)N1CCN(C)C(C)C1. The lowest BCUT2D eigenvalue weighted by molar-refractivity contribution is -0.143. The van der Waals surface area contributed by atoms with Gasteiger partial charge in [-0.25, -0.2) is 0 Å². The summed E-state index contributed by atoms with van der Waals surface area (Å²) in [6.45, 7) is 5.06. The normalized spacial score (nSPS) is 18.1. The molecule has 44 heavy (non-hydrogen) atoms. The van der Waals surface area contributed by atoms with Crippen molar-refractivity contribution in [3.05, 3.63) is 69.8 Å². The summed E-state index contributed by atoms with van der Waals surface area (Å²) in [6, 6.07) is 4.39. The van der Waals surface area contributed by atoms with Crippen LogP contribution in [0.5, 0.6) is 0 Å². The third kappa shape index (κ3) is 7.81. The molecule has 1 aliphatic rings. The minimum Gasteiger partial charge on any atom is -0.330 e. The zero-order chi connectivity index (χ0) is 32.6. The quantitative estimate of drug-likeness (QED) is 0.261. The molecule has 1 saturated heterocycles. The Balaban J connectivity index is 1.81. The second kappa shape index (κ2) is 12.5. The van der Waals surface area contributed by atoms with Crippen molar-refractivity contribution < 1.29 is 39.5 Å². The minimum atomic E-state index is -5.08. The highest BCUT2D eigenvalue weighted by Crippen LogP contribution is 2.38. The fourth-order valence-corrected chi connectivity index (χ4v) is 5.41. The van der Waals surface area contributed by atoms with Gasteiger partial charge in [-0.15, -0.1) is 5.10 Å². The van der Waals surface area contributed by atoms with E-state index in [1.807, 2.05) is 20.9 Å². The smallest absolute Gasteiger partial charge is 0.330 e. The highest BCUT2D eigenvalue weighted by molar-refractivity contribution is 5.42. The van der Waals surface area contributed by atoms with Crippen LogP contribution in [0.1, 0.15) is 59.7 Å². The van der Waals surface area contributed by atoms with Gasteiger partial charge in [-0.05, 0) is 72.6 Å². The molecule has 0 amide bonds. The molecule has 2 heterocycles. The van der Waals surface area contributed by atoms with Crippen LogP contribution in [0.15, 0.2) is 36.4 Å². The first-order valence-corrected chi connectivity index (χ1v) is 13.8. The van der Waals surface area contributed by atoms with E-state index in [0.29, 0.717) is 37.2 Å². The number of nitrogens with zero attached hydrogens (tertiary/aromatic N) is 7. The minimum absolute atomic E-state index is 0.0161. The molecule has 2 unspecified atom stereocenters. The van der Waals surface area contributed by atoms with Crippen molar-refractivity contribution in [1.29, 1.82) is 0 Å². The molecule has 242 valence electrons. The Labute approximate surface area is 248 Å². The second-order valence-electron chi connectivity index (χ2n) is 11.0. The van der Waals surface area contributed by atoms with E-state index in [9.17, 15) is 39.5 Å². The molecule has 0 aliphatic carbocycles. The summed E-state index contributed by atoms with van der Waals surface area (Å²) in [6.07, 6.45) is -14.3. The maximum Gasteiger partial charge on any atom is 0.416 e. The van der Waals surface area contributed by atoms with Crippen molar-refractivity contribution in [2.45, 2.75) is 64.0 Å². The first-order chi connectivity index (χ1) is 20.4.